The van der Waals surface area contributed by atoms with E-state index < -0.39 is 4.92 Å². The van der Waals surface area contributed by atoms with E-state index in [2.05, 4.69) is 13.8 Å². The second kappa shape index (κ2) is 7.44. The molecular weight excluding hydrogens is 242 g/mol. The van der Waals surface area contributed by atoms with Crippen molar-refractivity contribution < 1.29 is 37.6 Å². The summed E-state index contributed by atoms with van der Waals surface area (Å²) in [5.74, 6) is -0.0956. The Hall–Kier alpha value is 0.794. The molecule has 0 aromatic carbocycles. The van der Waals surface area contributed by atoms with Crippen molar-refractivity contribution in [2.24, 2.45) is 11.8 Å². The van der Waals surface area contributed by atoms with Gasteiger partial charge in [0.15, 0.2) is 6.54 Å². The predicted molar refractivity (Wildman–Crippen MR) is 40.3 cm³/mol. The first-order chi connectivity index (χ1) is 4.57. The Kier molecular flexibility index (Phi) is 9.69. The smallest absolute Gasteiger partial charge is 0.177 e. The van der Waals surface area contributed by atoms with Crippen LogP contribution in [-0.4, -0.2) is 17.3 Å². The first-order valence-corrected chi connectivity index (χ1v) is 3.45. The van der Waals surface area contributed by atoms with Gasteiger partial charge in [0.05, 0.1) is 0 Å². The van der Waals surface area contributed by atoms with E-state index in [1.807, 2.05) is 0 Å². The minimum atomic E-state index is -0.400. The zero-order chi connectivity index (χ0) is 8.15. The van der Waals surface area contributed by atoms with Gasteiger partial charge in [0.2, 0.25) is 0 Å². The van der Waals surface area contributed by atoms with E-state index in [4.69, 9.17) is 11.6 Å². The molecule has 0 rings (SSSR count). The molecule has 0 bridgehead atoms. The van der Waals surface area contributed by atoms with Gasteiger partial charge < -0.3 is 13.8 Å². The first-order valence-electron chi connectivity index (χ1n) is 2.91. The third-order valence-corrected chi connectivity index (χ3v) is 1.64. The van der Waals surface area contributed by atoms with Gasteiger partial charge in [0.25, 0.3) is 0 Å². The normalized spacial score (nSPS) is 14.8. The average molecular weight is 253 g/mol. The van der Waals surface area contributed by atoms with Crippen LogP contribution >= 0.6 is 11.6 Å². The molecule has 63 valence electrons. The third-order valence-electron chi connectivity index (χ3n) is 1.25. The van der Waals surface area contributed by atoms with Gasteiger partial charge in [-0.25, -0.2) is 0 Å². The minimum absolute atomic E-state index is 0. The van der Waals surface area contributed by atoms with Crippen molar-refractivity contribution in [1.29, 1.82) is 0 Å². The van der Waals surface area contributed by atoms with Gasteiger partial charge in [0.1, 0.15) is 0 Å². The van der Waals surface area contributed by atoms with Gasteiger partial charge in [-0.1, -0.05) is 0 Å². The van der Waals surface area contributed by atoms with Crippen LogP contribution in [0.15, 0.2) is 0 Å². The van der Waals surface area contributed by atoms with Gasteiger partial charge >= 0.3 is 0 Å². The maximum atomic E-state index is 9.92. The molecule has 0 aromatic rings. The quantitative estimate of drug-likeness (QED) is 0.328. The van der Waals surface area contributed by atoms with Crippen LogP contribution < -0.4 is 0 Å². The van der Waals surface area contributed by atoms with Crippen molar-refractivity contribution in [2.75, 3.05) is 12.4 Å². The Morgan fingerprint density at radius 3 is 2.18 bits per heavy atom. The predicted octanol–water partition coefficient (Wildman–Crippen LogP) is 1.40. The molecule has 3 nitrogen and oxygen atoms in total. The Balaban J connectivity index is 0. The summed E-state index contributed by atoms with van der Waals surface area (Å²) in [6.45, 7) is 7.02. The molecule has 0 saturated heterocycles. The molecule has 2 unspecified atom stereocenters. The largest absolute Gasteiger partial charge is 0.341 e. The van der Waals surface area contributed by atoms with Gasteiger partial charge in [-0.2, -0.15) is 5.92 Å². The number of rotatable bonds is 4. The number of alkyl halides is 1. The van der Waals surface area contributed by atoms with Crippen molar-refractivity contribution in [3.8, 4) is 0 Å². The zero-order valence-corrected chi connectivity index (χ0v) is 9.80. The van der Waals surface area contributed by atoms with E-state index in [-0.39, 0.29) is 51.1 Å². The van der Waals surface area contributed by atoms with E-state index in [9.17, 15) is 10.1 Å². The monoisotopic (exact) mass is 252 g/mol. The summed E-state index contributed by atoms with van der Waals surface area (Å²) in [6, 6.07) is 0. The molecule has 0 fully saturated rings. The summed E-state index contributed by atoms with van der Waals surface area (Å²) >= 11 is 5.41. The van der Waals surface area contributed by atoms with Gasteiger partial charge in [-0.15, -0.1) is 17.5 Å². The van der Waals surface area contributed by atoms with Crippen LogP contribution in [0.2, 0.25) is 0 Å². The molecule has 1 radical (unpaired) electrons. The topological polar surface area (TPSA) is 43.1 Å². The fraction of sp³-hybridized carbons (Fsp3) is 0.667. The molecular formula is C6H10ClNO2Y-2. The first kappa shape index (κ1) is 14.3. The van der Waals surface area contributed by atoms with Crippen LogP contribution in [0, 0.1) is 35.8 Å². The summed E-state index contributed by atoms with van der Waals surface area (Å²) in [5.41, 5.74) is 0. The van der Waals surface area contributed by atoms with Crippen LogP contribution in [0.4, 0.5) is 0 Å². The van der Waals surface area contributed by atoms with E-state index in [1.165, 1.54) is 0 Å². The Bertz CT molecular complexity index is 123. The van der Waals surface area contributed by atoms with E-state index in [0.29, 0.717) is 5.88 Å². The Morgan fingerprint density at radius 1 is 1.45 bits per heavy atom. The van der Waals surface area contributed by atoms with E-state index in [1.54, 1.807) is 0 Å². The number of halogens is 1. The summed E-state index contributed by atoms with van der Waals surface area (Å²) in [5, 5.41) is 9.92. The Labute approximate surface area is 96.9 Å². The summed E-state index contributed by atoms with van der Waals surface area (Å²) in [7, 11) is 0. The second-order valence-corrected chi connectivity index (χ2v) is 2.50. The van der Waals surface area contributed by atoms with E-state index >= 15 is 0 Å². The average Bonchev–Trinajstić information content (AvgIpc) is 1.85. The van der Waals surface area contributed by atoms with E-state index in [0.717, 1.165) is 0 Å². The van der Waals surface area contributed by atoms with Crippen LogP contribution in [0.25, 0.3) is 0 Å². The standard InChI is InChI=1S/C6H10ClNO2.Y/c1-5(3-7)6(2)4-8(9)10;/h5-6H,1-4H2;/q-2;. The molecule has 0 aliphatic rings. The van der Waals surface area contributed by atoms with Crippen molar-refractivity contribution >= 4 is 11.6 Å². The summed E-state index contributed by atoms with van der Waals surface area (Å²) < 4.78 is 0. The molecule has 0 aliphatic heterocycles. The van der Waals surface area contributed by atoms with Crippen LogP contribution in [0.5, 0.6) is 0 Å². The molecule has 0 N–H and O–H groups in total. The van der Waals surface area contributed by atoms with Crippen LogP contribution in [-0.2, 0) is 32.7 Å². The van der Waals surface area contributed by atoms with Gasteiger partial charge in [-0.05, 0) is 5.88 Å². The Morgan fingerprint density at radius 2 is 1.91 bits per heavy atom. The summed E-state index contributed by atoms with van der Waals surface area (Å²) in [4.78, 5) is 9.52. The van der Waals surface area contributed by atoms with Gasteiger partial charge in [-0.3, -0.25) is 10.1 Å². The molecule has 0 aliphatic carbocycles. The SMILES string of the molecule is [CH2-]C(CCl)C([CH2-])C[N+](=O)[O-].[Y]. The van der Waals surface area contributed by atoms with Crippen molar-refractivity contribution in [2.45, 2.75) is 0 Å². The molecule has 0 amide bonds. The van der Waals surface area contributed by atoms with Crippen molar-refractivity contribution in [1.82, 2.24) is 0 Å². The third kappa shape index (κ3) is 7.16. The number of nitro groups is 1. The summed E-state index contributed by atoms with van der Waals surface area (Å²) in [6.07, 6.45) is 0. The molecule has 11 heavy (non-hydrogen) atoms. The second-order valence-electron chi connectivity index (χ2n) is 2.19. The minimum Gasteiger partial charge on any atom is -0.341 e. The number of hydrogen-bond acceptors (Lipinski definition) is 2. The molecule has 0 spiro atoms. The fourth-order valence-electron chi connectivity index (χ4n) is 0.467. The van der Waals surface area contributed by atoms with Crippen LogP contribution in [0.3, 0.4) is 0 Å². The maximum Gasteiger partial charge on any atom is 0.177 e. The molecule has 0 aromatic heterocycles. The zero-order valence-electron chi connectivity index (χ0n) is 6.20. The molecule has 2 atom stereocenters. The molecule has 0 saturated carbocycles. The maximum absolute atomic E-state index is 9.92. The van der Waals surface area contributed by atoms with Crippen molar-refractivity contribution in [3.05, 3.63) is 24.0 Å². The number of nitrogens with zero attached hydrogens (tertiary/aromatic N) is 1. The molecule has 0 heterocycles. The van der Waals surface area contributed by atoms with Crippen molar-refractivity contribution in [3.63, 3.8) is 0 Å². The van der Waals surface area contributed by atoms with Crippen LogP contribution in [0.1, 0.15) is 0 Å². The number of hydrogen-bond donors (Lipinski definition) is 0. The van der Waals surface area contributed by atoms with Gasteiger partial charge in [0, 0.05) is 37.6 Å². The fourth-order valence-corrected chi connectivity index (χ4v) is 0.719. The molecule has 5 heteroatoms.